The van der Waals surface area contributed by atoms with E-state index < -0.39 is 0 Å². The Morgan fingerprint density at radius 3 is 2.15 bits per heavy atom. The Balaban J connectivity index is 2.12. The van der Waals surface area contributed by atoms with Gasteiger partial charge in [-0.05, 0) is 18.1 Å². The average molecular weight is 271 g/mol. The fourth-order valence-electron chi connectivity index (χ4n) is 2.37. The SMILES string of the molecule is COCC(C)CC([OH+]c1ccccc1)c1ccccc1. The van der Waals surface area contributed by atoms with Crippen molar-refractivity contribution in [1.29, 1.82) is 0 Å². The molecule has 2 nitrogen and oxygen atoms in total. The third-order valence-electron chi connectivity index (χ3n) is 3.32. The highest BCUT2D eigenvalue weighted by Gasteiger charge is 2.21. The molecule has 20 heavy (non-hydrogen) atoms. The van der Waals surface area contributed by atoms with Gasteiger partial charge in [-0.1, -0.05) is 43.3 Å². The molecule has 0 spiro atoms. The molecule has 0 aliphatic carbocycles. The number of aliphatic hydroxyl groups is 1. The van der Waals surface area contributed by atoms with Gasteiger partial charge in [-0.3, -0.25) is 0 Å². The maximum atomic E-state index is 5.25. The number of benzene rings is 2. The smallest absolute Gasteiger partial charge is 0.254 e. The predicted molar refractivity (Wildman–Crippen MR) is 82.9 cm³/mol. The number of hydrogen-bond acceptors (Lipinski definition) is 1. The van der Waals surface area contributed by atoms with Crippen LogP contribution in [0.1, 0.15) is 25.0 Å². The van der Waals surface area contributed by atoms with Gasteiger partial charge in [0.05, 0.1) is 0 Å². The summed E-state index contributed by atoms with van der Waals surface area (Å²) in [4.78, 5) is 0. The molecule has 0 radical (unpaired) electrons. The van der Waals surface area contributed by atoms with Crippen LogP contribution in [-0.2, 0) is 4.74 Å². The lowest BCUT2D eigenvalue weighted by atomic mass is 9.98. The molecule has 0 fully saturated rings. The minimum atomic E-state index is 0.184. The molecule has 2 atom stereocenters. The Hall–Kier alpha value is -1.80. The van der Waals surface area contributed by atoms with Crippen molar-refractivity contribution in [2.24, 2.45) is 5.92 Å². The van der Waals surface area contributed by atoms with Crippen LogP contribution in [0.15, 0.2) is 60.7 Å². The third kappa shape index (κ3) is 4.39. The first-order chi connectivity index (χ1) is 9.79. The van der Waals surface area contributed by atoms with Crippen LogP contribution in [0, 0.1) is 5.92 Å². The Bertz CT molecular complexity index is 481. The maximum absolute atomic E-state index is 5.25. The van der Waals surface area contributed by atoms with Gasteiger partial charge in [0.15, 0.2) is 0 Å². The summed E-state index contributed by atoms with van der Waals surface area (Å²) < 4.78 is 10.1. The molecule has 0 aliphatic heterocycles. The number of ether oxygens (including phenoxy) is 2. The summed E-state index contributed by atoms with van der Waals surface area (Å²) in [5, 5.41) is 0. The van der Waals surface area contributed by atoms with Crippen molar-refractivity contribution < 1.29 is 9.47 Å². The van der Waals surface area contributed by atoms with Crippen molar-refractivity contribution in [1.82, 2.24) is 0 Å². The van der Waals surface area contributed by atoms with Crippen LogP contribution in [0.25, 0.3) is 0 Å². The van der Waals surface area contributed by atoms with Crippen LogP contribution in [0.4, 0.5) is 0 Å². The van der Waals surface area contributed by atoms with Crippen LogP contribution in [-0.4, -0.2) is 18.5 Å². The zero-order valence-corrected chi connectivity index (χ0v) is 12.2. The molecule has 0 aliphatic rings. The van der Waals surface area contributed by atoms with Crippen LogP contribution in [0.5, 0.6) is 5.75 Å². The van der Waals surface area contributed by atoms with Crippen molar-refractivity contribution in [2.45, 2.75) is 19.4 Å². The summed E-state index contributed by atoms with van der Waals surface area (Å²) in [5.74, 6) is 1.52. The first-order valence-corrected chi connectivity index (χ1v) is 7.09. The average Bonchev–Trinajstić information content (AvgIpc) is 2.49. The molecule has 0 bridgehead atoms. The Labute approximate surface area is 121 Å². The van der Waals surface area contributed by atoms with E-state index in [9.17, 15) is 0 Å². The monoisotopic (exact) mass is 271 g/mol. The summed E-state index contributed by atoms with van der Waals surface area (Å²) in [6.45, 7) is 2.98. The topological polar surface area (TPSA) is 22.0 Å². The van der Waals surface area contributed by atoms with E-state index in [0.717, 1.165) is 18.8 Å². The summed E-state index contributed by atoms with van der Waals surface area (Å²) >= 11 is 0. The Kier molecular flexibility index (Phi) is 5.63. The van der Waals surface area contributed by atoms with Crippen LogP contribution in [0.2, 0.25) is 0 Å². The highest BCUT2D eigenvalue weighted by molar-refractivity contribution is 5.23. The Morgan fingerprint density at radius 2 is 1.55 bits per heavy atom. The van der Waals surface area contributed by atoms with Crippen molar-refractivity contribution >= 4 is 0 Å². The molecule has 2 aromatic carbocycles. The number of rotatable bonds is 7. The molecular weight excluding hydrogens is 248 g/mol. The first-order valence-electron chi connectivity index (χ1n) is 7.09. The van der Waals surface area contributed by atoms with E-state index in [1.54, 1.807) is 7.11 Å². The lowest BCUT2D eigenvalue weighted by molar-refractivity contribution is -0.0353. The fraction of sp³-hybridized carbons (Fsp3) is 0.333. The third-order valence-corrected chi connectivity index (χ3v) is 3.32. The fourth-order valence-corrected chi connectivity index (χ4v) is 2.37. The number of methoxy groups -OCH3 is 1. The standard InChI is InChI=1S/C18H22O2/c1-15(14-19-2)13-18(16-9-5-3-6-10-16)20-17-11-7-4-8-12-17/h3-12,15,18H,13-14H2,1-2H3/p+1. The molecule has 0 heterocycles. The molecule has 0 aromatic heterocycles. The normalized spacial score (nSPS) is 13.7. The van der Waals surface area contributed by atoms with E-state index >= 15 is 0 Å². The van der Waals surface area contributed by atoms with Gasteiger partial charge in [0.25, 0.3) is 5.75 Å². The maximum Gasteiger partial charge on any atom is 0.254 e. The molecule has 0 amide bonds. The summed E-state index contributed by atoms with van der Waals surface area (Å²) in [6.07, 6.45) is 1.18. The summed E-state index contributed by atoms with van der Waals surface area (Å²) in [7, 11) is 1.75. The second-order valence-electron chi connectivity index (χ2n) is 5.19. The minimum absolute atomic E-state index is 0.184. The van der Waals surface area contributed by atoms with Crippen molar-refractivity contribution in [2.75, 3.05) is 13.7 Å². The molecule has 0 saturated heterocycles. The van der Waals surface area contributed by atoms with Gasteiger partial charge in [0.2, 0.25) is 6.10 Å². The Morgan fingerprint density at radius 1 is 0.950 bits per heavy atom. The summed E-state index contributed by atoms with van der Waals surface area (Å²) in [6, 6.07) is 20.7. The molecule has 2 rings (SSSR count). The van der Waals surface area contributed by atoms with Crippen LogP contribution in [0.3, 0.4) is 0 Å². The number of hydrogen-bond donors (Lipinski definition) is 0. The largest absolute Gasteiger partial charge is 0.577 e. The van der Waals surface area contributed by atoms with Gasteiger partial charge in [0.1, 0.15) is 0 Å². The van der Waals surface area contributed by atoms with E-state index in [1.165, 1.54) is 5.56 Å². The lowest BCUT2D eigenvalue weighted by Gasteiger charge is -2.20. The molecule has 2 heteroatoms. The van der Waals surface area contributed by atoms with Crippen LogP contribution < -0.4 is 0 Å². The summed E-state index contributed by atoms with van der Waals surface area (Å²) in [5.41, 5.74) is 1.26. The van der Waals surface area contributed by atoms with Crippen LogP contribution >= 0.6 is 0 Å². The molecule has 2 unspecified atom stereocenters. The molecule has 2 aromatic rings. The first kappa shape index (κ1) is 14.6. The quantitative estimate of drug-likeness (QED) is 0.686. The zero-order valence-electron chi connectivity index (χ0n) is 12.2. The zero-order chi connectivity index (χ0) is 14.2. The van der Waals surface area contributed by atoms with E-state index in [0.29, 0.717) is 5.92 Å². The predicted octanol–water partition coefficient (Wildman–Crippen LogP) is 4.34. The second kappa shape index (κ2) is 7.71. The second-order valence-corrected chi connectivity index (χ2v) is 5.19. The molecule has 106 valence electrons. The van der Waals surface area contributed by atoms with Gasteiger partial charge in [0, 0.05) is 37.8 Å². The van der Waals surface area contributed by atoms with Gasteiger partial charge in [-0.2, -0.15) is 0 Å². The van der Waals surface area contributed by atoms with Crippen molar-refractivity contribution in [3.63, 3.8) is 0 Å². The number of aromatic hydroxyl groups is 1. The highest BCUT2D eigenvalue weighted by atomic mass is 16.5. The van der Waals surface area contributed by atoms with Gasteiger partial charge in [-0.15, -0.1) is 0 Å². The van der Waals surface area contributed by atoms with Crippen molar-refractivity contribution in [3.05, 3.63) is 66.2 Å². The molecule has 1 N–H and O–H groups in total. The van der Waals surface area contributed by atoms with E-state index in [1.807, 2.05) is 24.3 Å². The van der Waals surface area contributed by atoms with E-state index in [2.05, 4.69) is 43.3 Å². The van der Waals surface area contributed by atoms with E-state index in [-0.39, 0.29) is 6.10 Å². The van der Waals surface area contributed by atoms with Gasteiger partial charge in [-0.25, -0.2) is 0 Å². The van der Waals surface area contributed by atoms with Crippen molar-refractivity contribution in [3.8, 4) is 5.75 Å². The van der Waals surface area contributed by atoms with E-state index in [4.69, 9.17) is 9.47 Å². The minimum Gasteiger partial charge on any atom is -0.577 e. The molecule has 0 saturated carbocycles. The van der Waals surface area contributed by atoms with Gasteiger partial charge >= 0.3 is 0 Å². The van der Waals surface area contributed by atoms with Gasteiger partial charge < -0.3 is 9.47 Å². The highest BCUT2D eigenvalue weighted by Crippen LogP contribution is 2.28. The molecular formula is C18H23O2+. The number of para-hydroxylation sites is 1. The lowest BCUT2D eigenvalue weighted by Crippen LogP contribution is -2.13.